The number of nitrogens with one attached hydrogen (secondary N) is 2. The topological polar surface area (TPSA) is 132 Å². The molecule has 10 heteroatoms. The second-order valence-corrected chi connectivity index (χ2v) is 7.07. The number of H-pyrrole nitrogens is 1. The molecule has 1 aromatic carbocycles. The standard InChI is InChI=1S/C22H20N6O4/c1-4-32-22(31)15-11-23-28(20(15)25-21(30)16-8-9-18(29)27-26-16)17-10-13(3)14-7-5-6-12(2)19(14)24-17/h5-11H,4H2,1-3H3,(H,25,30)(H,27,29). The molecule has 3 aromatic heterocycles. The van der Waals surface area contributed by atoms with Gasteiger partial charge in [-0.3, -0.25) is 9.59 Å². The van der Waals surface area contributed by atoms with Gasteiger partial charge in [0.2, 0.25) is 0 Å². The van der Waals surface area contributed by atoms with E-state index in [1.165, 1.54) is 23.0 Å². The second-order valence-electron chi connectivity index (χ2n) is 7.07. The van der Waals surface area contributed by atoms with E-state index in [2.05, 4.69) is 20.6 Å². The number of nitrogens with zero attached hydrogens (tertiary/aromatic N) is 4. The Morgan fingerprint density at radius 1 is 1.16 bits per heavy atom. The van der Waals surface area contributed by atoms with Gasteiger partial charge in [-0.15, -0.1) is 0 Å². The molecule has 0 atom stereocenters. The molecule has 3 heterocycles. The van der Waals surface area contributed by atoms with Crippen LogP contribution in [0.1, 0.15) is 38.9 Å². The van der Waals surface area contributed by atoms with Crippen molar-refractivity contribution in [1.29, 1.82) is 0 Å². The van der Waals surface area contributed by atoms with Gasteiger partial charge in [0.25, 0.3) is 11.5 Å². The number of aromatic amines is 1. The van der Waals surface area contributed by atoms with Gasteiger partial charge < -0.3 is 10.1 Å². The Morgan fingerprint density at radius 2 is 1.97 bits per heavy atom. The number of rotatable bonds is 5. The van der Waals surface area contributed by atoms with E-state index < -0.39 is 17.4 Å². The molecule has 0 saturated heterocycles. The number of carbonyl (C=O) groups is 2. The first-order valence-electron chi connectivity index (χ1n) is 9.88. The Kier molecular flexibility index (Phi) is 5.50. The summed E-state index contributed by atoms with van der Waals surface area (Å²) >= 11 is 0. The van der Waals surface area contributed by atoms with E-state index in [1.807, 2.05) is 38.1 Å². The summed E-state index contributed by atoms with van der Waals surface area (Å²) in [4.78, 5) is 41.2. The highest BCUT2D eigenvalue weighted by molar-refractivity contribution is 6.06. The highest BCUT2D eigenvalue weighted by atomic mass is 16.5. The molecule has 0 spiro atoms. The maximum absolute atomic E-state index is 12.8. The maximum Gasteiger partial charge on any atom is 0.343 e. The molecule has 4 aromatic rings. The lowest BCUT2D eigenvalue weighted by atomic mass is 10.1. The van der Waals surface area contributed by atoms with Crippen LogP contribution in [-0.2, 0) is 4.74 Å². The zero-order valence-electron chi connectivity index (χ0n) is 17.7. The minimum atomic E-state index is -0.642. The second kappa shape index (κ2) is 8.42. The van der Waals surface area contributed by atoms with Crippen molar-refractivity contribution in [2.45, 2.75) is 20.8 Å². The first-order valence-corrected chi connectivity index (χ1v) is 9.88. The average Bonchev–Trinajstić information content (AvgIpc) is 3.18. The van der Waals surface area contributed by atoms with Gasteiger partial charge >= 0.3 is 5.97 Å². The third kappa shape index (κ3) is 3.85. The van der Waals surface area contributed by atoms with Crippen LogP contribution in [0.4, 0.5) is 5.82 Å². The van der Waals surface area contributed by atoms with Crippen LogP contribution in [0, 0.1) is 13.8 Å². The highest BCUT2D eigenvalue weighted by Crippen LogP contribution is 2.26. The molecule has 0 aliphatic rings. The van der Waals surface area contributed by atoms with Crippen molar-refractivity contribution in [2.24, 2.45) is 0 Å². The molecule has 32 heavy (non-hydrogen) atoms. The average molecular weight is 432 g/mol. The predicted octanol–water partition coefficient (Wildman–Crippen LogP) is 2.55. The molecule has 0 fully saturated rings. The Morgan fingerprint density at radius 3 is 2.69 bits per heavy atom. The van der Waals surface area contributed by atoms with Crippen molar-refractivity contribution >= 4 is 28.6 Å². The normalized spacial score (nSPS) is 10.8. The minimum absolute atomic E-state index is 0.0364. The Hall–Kier alpha value is -4.34. The molecule has 10 nitrogen and oxygen atoms in total. The van der Waals surface area contributed by atoms with Crippen LogP contribution in [0.3, 0.4) is 0 Å². The maximum atomic E-state index is 12.8. The fraction of sp³-hybridized carbons (Fsp3) is 0.182. The first kappa shape index (κ1) is 20.9. The number of aromatic nitrogens is 5. The van der Waals surface area contributed by atoms with E-state index in [-0.39, 0.29) is 23.7 Å². The summed E-state index contributed by atoms with van der Waals surface area (Å²) in [5, 5.41) is 13.9. The Bertz CT molecular complexity index is 1390. The van der Waals surface area contributed by atoms with Crippen molar-refractivity contribution in [1.82, 2.24) is 25.0 Å². The molecule has 0 bridgehead atoms. The molecule has 1 amide bonds. The largest absolute Gasteiger partial charge is 0.462 e. The first-order chi connectivity index (χ1) is 15.4. The third-order valence-corrected chi connectivity index (χ3v) is 4.86. The number of fused-ring (bicyclic) bond motifs is 1. The van der Waals surface area contributed by atoms with Crippen LogP contribution in [0.15, 0.2) is 47.4 Å². The molecular formula is C22H20N6O4. The van der Waals surface area contributed by atoms with E-state index in [0.29, 0.717) is 5.82 Å². The number of pyridine rings is 1. The summed E-state index contributed by atoms with van der Waals surface area (Å²) in [6.07, 6.45) is 1.31. The smallest absolute Gasteiger partial charge is 0.343 e. The summed E-state index contributed by atoms with van der Waals surface area (Å²) in [5.74, 6) is -0.773. The van der Waals surface area contributed by atoms with Crippen molar-refractivity contribution in [2.75, 3.05) is 11.9 Å². The zero-order chi connectivity index (χ0) is 22.8. The monoisotopic (exact) mass is 432 g/mol. The van der Waals surface area contributed by atoms with Crippen molar-refractivity contribution in [3.05, 3.63) is 75.3 Å². The van der Waals surface area contributed by atoms with Gasteiger partial charge in [0, 0.05) is 11.5 Å². The van der Waals surface area contributed by atoms with E-state index in [9.17, 15) is 14.4 Å². The molecule has 0 aliphatic carbocycles. The molecular weight excluding hydrogens is 412 g/mol. The van der Waals surface area contributed by atoms with Crippen LogP contribution in [0.2, 0.25) is 0 Å². The Balaban J connectivity index is 1.84. The van der Waals surface area contributed by atoms with Crippen LogP contribution in [0.5, 0.6) is 0 Å². The summed E-state index contributed by atoms with van der Waals surface area (Å²) in [7, 11) is 0. The third-order valence-electron chi connectivity index (χ3n) is 4.86. The fourth-order valence-electron chi connectivity index (χ4n) is 3.30. The number of ether oxygens (including phenoxy) is 1. The van der Waals surface area contributed by atoms with Crippen LogP contribution in [0.25, 0.3) is 16.7 Å². The summed E-state index contributed by atoms with van der Waals surface area (Å²) in [5.41, 5.74) is 2.31. The number of amides is 1. The van der Waals surface area contributed by atoms with Crippen LogP contribution >= 0.6 is 0 Å². The zero-order valence-corrected chi connectivity index (χ0v) is 17.7. The van der Waals surface area contributed by atoms with Gasteiger partial charge in [0.1, 0.15) is 11.3 Å². The van der Waals surface area contributed by atoms with Crippen LogP contribution < -0.4 is 10.9 Å². The summed E-state index contributed by atoms with van der Waals surface area (Å²) < 4.78 is 6.48. The number of benzene rings is 1. The molecule has 0 unspecified atom stereocenters. The lowest BCUT2D eigenvalue weighted by Gasteiger charge is -2.12. The van der Waals surface area contributed by atoms with Crippen molar-refractivity contribution in [3.63, 3.8) is 0 Å². The molecule has 2 N–H and O–H groups in total. The number of hydrogen-bond donors (Lipinski definition) is 2. The molecule has 0 saturated carbocycles. The van der Waals surface area contributed by atoms with E-state index >= 15 is 0 Å². The van der Waals surface area contributed by atoms with Gasteiger partial charge in [-0.1, -0.05) is 18.2 Å². The van der Waals surface area contributed by atoms with Crippen LogP contribution in [-0.4, -0.2) is 43.4 Å². The SMILES string of the molecule is CCOC(=O)c1cnn(-c2cc(C)c3cccc(C)c3n2)c1NC(=O)c1ccc(=O)[nH]n1. The van der Waals surface area contributed by atoms with E-state index in [0.717, 1.165) is 22.0 Å². The summed E-state index contributed by atoms with van der Waals surface area (Å²) in [6.45, 7) is 5.74. The lowest BCUT2D eigenvalue weighted by Crippen LogP contribution is -2.21. The molecule has 0 aliphatic heterocycles. The van der Waals surface area contributed by atoms with Gasteiger partial charge in [-0.05, 0) is 44.0 Å². The van der Waals surface area contributed by atoms with Crippen molar-refractivity contribution in [3.8, 4) is 5.82 Å². The summed E-state index contributed by atoms with van der Waals surface area (Å²) in [6, 6.07) is 10.2. The predicted molar refractivity (Wildman–Crippen MR) is 117 cm³/mol. The van der Waals surface area contributed by atoms with E-state index in [1.54, 1.807) is 6.92 Å². The quantitative estimate of drug-likeness (QED) is 0.463. The molecule has 4 rings (SSSR count). The number of para-hydroxylation sites is 1. The number of hydrogen-bond acceptors (Lipinski definition) is 7. The van der Waals surface area contributed by atoms with E-state index in [4.69, 9.17) is 9.72 Å². The molecule has 0 radical (unpaired) electrons. The lowest BCUT2D eigenvalue weighted by molar-refractivity contribution is 0.0527. The molecule has 162 valence electrons. The van der Waals surface area contributed by atoms with Gasteiger partial charge in [-0.25, -0.2) is 14.9 Å². The Labute approximate surface area is 182 Å². The number of carbonyl (C=O) groups excluding carboxylic acids is 2. The van der Waals surface area contributed by atoms with Gasteiger partial charge in [0.15, 0.2) is 11.6 Å². The van der Waals surface area contributed by atoms with Gasteiger partial charge in [-0.2, -0.15) is 14.9 Å². The number of anilines is 1. The number of aryl methyl sites for hydroxylation is 2. The van der Waals surface area contributed by atoms with Gasteiger partial charge in [0.05, 0.1) is 18.3 Å². The minimum Gasteiger partial charge on any atom is -0.462 e. The highest BCUT2D eigenvalue weighted by Gasteiger charge is 2.23. The number of esters is 1. The van der Waals surface area contributed by atoms with Crippen molar-refractivity contribution < 1.29 is 14.3 Å². The fourth-order valence-corrected chi connectivity index (χ4v) is 3.30.